The van der Waals surface area contributed by atoms with E-state index in [4.69, 9.17) is 0 Å². The van der Waals surface area contributed by atoms with Crippen LogP contribution in [-0.2, 0) is 16.1 Å². The van der Waals surface area contributed by atoms with Gasteiger partial charge in [-0.3, -0.25) is 14.6 Å². The van der Waals surface area contributed by atoms with Crippen LogP contribution in [0.3, 0.4) is 0 Å². The van der Waals surface area contributed by atoms with E-state index in [9.17, 15) is 9.59 Å². The Kier molecular flexibility index (Phi) is 6.21. The lowest BCUT2D eigenvalue weighted by atomic mass is 10.1. The highest BCUT2D eigenvalue weighted by Crippen LogP contribution is 2.24. The first-order chi connectivity index (χ1) is 11.0. The van der Waals surface area contributed by atoms with Gasteiger partial charge < -0.3 is 9.80 Å². The Morgan fingerprint density at radius 3 is 2.91 bits per heavy atom. The third kappa shape index (κ3) is 4.34. The van der Waals surface area contributed by atoms with Crippen LogP contribution in [-0.4, -0.2) is 50.3 Å². The average Bonchev–Trinajstić information content (AvgIpc) is 3.02. The molecular weight excluding hydrogens is 310 g/mol. The van der Waals surface area contributed by atoms with Gasteiger partial charge in [-0.05, 0) is 38.5 Å². The molecule has 0 aliphatic carbocycles. The Morgan fingerprint density at radius 2 is 2.30 bits per heavy atom. The summed E-state index contributed by atoms with van der Waals surface area (Å²) in [5.41, 5.74) is 0.992. The molecule has 2 amide bonds. The molecule has 5 nitrogen and oxygen atoms in total. The van der Waals surface area contributed by atoms with Crippen LogP contribution < -0.4 is 0 Å². The average molecular weight is 333 g/mol. The summed E-state index contributed by atoms with van der Waals surface area (Å²) in [6, 6.07) is 3.50. The quantitative estimate of drug-likeness (QED) is 0.776. The molecule has 0 radical (unpaired) electrons. The summed E-state index contributed by atoms with van der Waals surface area (Å²) in [6.07, 6.45) is 6.72. The Bertz CT molecular complexity index is 574. The van der Waals surface area contributed by atoms with Gasteiger partial charge in [0.15, 0.2) is 0 Å². The van der Waals surface area contributed by atoms with E-state index in [2.05, 4.69) is 4.98 Å². The first-order valence-corrected chi connectivity index (χ1v) is 8.90. The van der Waals surface area contributed by atoms with Crippen LogP contribution in [0, 0.1) is 0 Å². The largest absolute Gasteiger partial charge is 0.334 e. The van der Waals surface area contributed by atoms with Crippen LogP contribution in [0.5, 0.6) is 0 Å². The molecule has 0 unspecified atom stereocenters. The molecule has 0 spiro atoms. The molecule has 1 atom stereocenters. The van der Waals surface area contributed by atoms with Gasteiger partial charge in [-0.25, -0.2) is 0 Å². The maximum absolute atomic E-state index is 13.0. The molecule has 6 heteroatoms. The van der Waals surface area contributed by atoms with Crippen molar-refractivity contribution in [1.29, 1.82) is 0 Å². The van der Waals surface area contributed by atoms with Gasteiger partial charge >= 0.3 is 0 Å². The zero-order chi connectivity index (χ0) is 16.8. The van der Waals surface area contributed by atoms with E-state index in [1.165, 1.54) is 6.08 Å². The van der Waals surface area contributed by atoms with Crippen molar-refractivity contribution in [2.24, 2.45) is 0 Å². The fraction of sp³-hybridized carbons (Fsp3) is 0.471. The molecule has 2 heterocycles. The second kappa shape index (κ2) is 8.15. The van der Waals surface area contributed by atoms with Crippen LogP contribution in [0.25, 0.3) is 0 Å². The summed E-state index contributed by atoms with van der Waals surface area (Å²) < 4.78 is 0. The number of thioether (sulfide) groups is 1. The van der Waals surface area contributed by atoms with Gasteiger partial charge in [-0.15, -0.1) is 11.8 Å². The molecule has 1 saturated heterocycles. The Hall–Kier alpha value is -1.82. The number of rotatable bonds is 5. The van der Waals surface area contributed by atoms with E-state index in [1.54, 1.807) is 42.1 Å². The second-order valence-corrected chi connectivity index (χ2v) is 6.74. The molecule has 0 saturated carbocycles. The van der Waals surface area contributed by atoms with E-state index < -0.39 is 0 Å². The maximum Gasteiger partial charge on any atom is 0.247 e. The molecular formula is C17H23N3O2S. The van der Waals surface area contributed by atoms with Gasteiger partial charge in [-0.2, -0.15) is 0 Å². The molecule has 1 fully saturated rings. The lowest BCUT2D eigenvalue weighted by Gasteiger charge is -2.32. The highest BCUT2D eigenvalue weighted by molar-refractivity contribution is 7.99. The number of hydrogen-bond acceptors (Lipinski definition) is 4. The fourth-order valence-electron chi connectivity index (χ4n) is 2.50. The predicted molar refractivity (Wildman–Crippen MR) is 92.7 cm³/mol. The highest BCUT2D eigenvalue weighted by atomic mass is 32.2. The monoisotopic (exact) mass is 333 g/mol. The number of carbonyl (C=O) groups is 2. The molecule has 23 heavy (non-hydrogen) atoms. The Balaban J connectivity index is 2.15. The van der Waals surface area contributed by atoms with Gasteiger partial charge in [0, 0.05) is 30.7 Å². The first kappa shape index (κ1) is 17.5. The van der Waals surface area contributed by atoms with Crippen LogP contribution >= 0.6 is 11.8 Å². The molecule has 2 rings (SSSR count). The molecule has 1 aliphatic rings. The minimum absolute atomic E-state index is 0.00621. The van der Waals surface area contributed by atoms with Crippen molar-refractivity contribution in [3.63, 3.8) is 0 Å². The zero-order valence-corrected chi connectivity index (χ0v) is 14.6. The summed E-state index contributed by atoms with van der Waals surface area (Å²) in [5, 5.41) is 0. The predicted octanol–water partition coefficient (Wildman–Crippen LogP) is 2.30. The lowest BCUT2D eigenvalue weighted by Crippen LogP contribution is -2.50. The highest BCUT2D eigenvalue weighted by Gasteiger charge is 2.36. The third-order valence-corrected chi connectivity index (χ3v) is 4.75. The van der Waals surface area contributed by atoms with E-state index in [-0.39, 0.29) is 23.9 Å². The summed E-state index contributed by atoms with van der Waals surface area (Å²) in [4.78, 5) is 32.7. The lowest BCUT2D eigenvalue weighted by molar-refractivity contribution is -0.143. The number of nitrogens with zero attached hydrogens (tertiary/aromatic N) is 3. The van der Waals surface area contributed by atoms with Crippen molar-refractivity contribution in [2.45, 2.75) is 39.4 Å². The summed E-state index contributed by atoms with van der Waals surface area (Å²) in [7, 11) is 0. The van der Waals surface area contributed by atoms with Crippen molar-refractivity contribution >= 4 is 23.6 Å². The molecule has 0 aromatic carbocycles. The Labute approximate surface area is 141 Å². The van der Waals surface area contributed by atoms with E-state index in [0.29, 0.717) is 18.2 Å². The second-order valence-electron chi connectivity index (χ2n) is 5.74. The third-order valence-electron chi connectivity index (χ3n) is 3.74. The zero-order valence-electron chi connectivity index (χ0n) is 13.8. The van der Waals surface area contributed by atoms with Gasteiger partial charge in [0.25, 0.3) is 0 Å². The molecule has 124 valence electrons. The number of carbonyl (C=O) groups excluding carboxylic acids is 2. The van der Waals surface area contributed by atoms with Crippen LogP contribution in [0.15, 0.2) is 36.7 Å². The van der Waals surface area contributed by atoms with Gasteiger partial charge in [0.2, 0.25) is 11.8 Å². The molecule has 1 aromatic rings. The van der Waals surface area contributed by atoms with E-state index >= 15 is 0 Å². The number of hydrogen-bond donors (Lipinski definition) is 0. The van der Waals surface area contributed by atoms with E-state index in [1.807, 2.05) is 30.9 Å². The van der Waals surface area contributed by atoms with E-state index in [0.717, 1.165) is 5.56 Å². The number of pyridine rings is 1. The molecule has 1 aromatic heterocycles. The normalized spacial score (nSPS) is 17.9. The van der Waals surface area contributed by atoms with Crippen molar-refractivity contribution in [3.8, 4) is 0 Å². The topological polar surface area (TPSA) is 53.5 Å². The van der Waals surface area contributed by atoms with Crippen molar-refractivity contribution in [1.82, 2.24) is 14.8 Å². The van der Waals surface area contributed by atoms with Crippen LogP contribution in [0.4, 0.5) is 0 Å². The summed E-state index contributed by atoms with van der Waals surface area (Å²) in [5.74, 6) is 1.13. The fourth-order valence-corrected chi connectivity index (χ4v) is 3.65. The van der Waals surface area contributed by atoms with Crippen molar-refractivity contribution < 1.29 is 9.59 Å². The standard InChI is InChI=1S/C17H23N3O2S/c1-4-6-16(21)20-12-23-11-15(20)17(22)19(13(2)3)10-14-7-5-8-18-9-14/h4-9,13,15H,10-12H2,1-3H3/b6-4-/t15-/m1/s1. The number of allylic oxidation sites excluding steroid dienone is 1. The smallest absolute Gasteiger partial charge is 0.247 e. The maximum atomic E-state index is 13.0. The molecule has 0 N–H and O–H groups in total. The van der Waals surface area contributed by atoms with Gasteiger partial charge in [-0.1, -0.05) is 12.1 Å². The van der Waals surface area contributed by atoms with Crippen LogP contribution in [0.1, 0.15) is 26.3 Å². The molecule has 1 aliphatic heterocycles. The first-order valence-electron chi connectivity index (χ1n) is 7.75. The van der Waals surface area contributed by atoms with Crippen molar-refractivity contribution in [3.05, 3.63) is 42.2 Å². The molecule has 0 bridgehead atoms. The summed E-state index contributed by atoms with van der Waals surface area (Å²) >= 11 is 1.62. The van der Waals surface area contributed by atoms with Crippen molar-refractivity contribution in [2.75, 3.05) is 11.6 Å². The number of aromatic nitrogens is 1. The minimum Gasteiger partial charge on any atom is -0.334 e. The van der Waals surface area contributed by atoms with Gasteiger partial charge in [0.05, 0.1) is 5.88 Å². The number of amides is 2. The van der Waals surface area contributed by atoms with Gasteiger partial charge in [0.1, 0.15) is 6.04 Å². The summed E-state index contributed by atoms with van der Waals surface area (Å²) in [6.45, 7) is 6.31. The Morgan fingerprint density at radius 1 is 1.52 bits per heavy atom. The van der Waals surface area contributed by atoms with Crippen LogP contribution in [0.2, 0.25) is 0 Å². The minimum atomic E-state index is -0.386. The SMILES string of the molecule is C/C=C\C(=O)N1CSC[C@@H]1C(=O)N(Cc1cccnc1)C(C)C.